The first-order valence-corrected chi connectivity index (χ1v) is 4.20. The molecule has 1 unspecified atom stereocenters. The third-order valence-electron chi connectivity index (χ3n) is 2.19. The van der Waals surface area contributed by atoms with Gasteiger partial charge in [-0.05, 0) is 34.1 Å². The van der Waals surface area contributed by atoms with Gasteiger partial charge in [-0.3, -0.25) is 4.79 Å². The summed E-state index contributed by atoms with van der Waals surface area (Å²) >= 11 is 0. The third kappa shape index (κ3) is 3.04. The topological polar surface area (TPSA) is 17.1 Å². The van der Waals surface area contributed by atoms with Crippen molar-refractivity contribution in [2.24, 2.45) is 5.41 Å². The zero-order valence-electron chi connectivity index (χ0n) is 8.48. The van der Waals surface area contributed by atoms with Crippen molar-refractivity contribution in [3.8, 4) is 0 Å². The Kier molecular flexibility index (Phi) is 3.94. The third-order valence-corrected chi connectivity index (χ3v) is 2.19. The van der Waals surface area contributed by atoms with Crippen LogP contribution in [0.4, 0.5) is 0 Å². The number of hydrogen-bond acceptors (Lipinski definition) is 1. The van der Waals surface area contributed by atoms with E-state index in [-0.39, 0.29) is 11.2 Å². The van der Waals surface area contributed by atoms with Gasteiger partial charge in [0.25, 0.3) is 0 Å². The first-order valence-electron chi connectivity index (χ1n) is 4.20. The Morgan fingerprint density at radius 3 is 2.17 bits per heavy atom. The molecule has 0 aromatic heterocycles. The second-order valence-electron chi connectivity index (χ2n) is 3.66. The van der Waals surface area contributed by atoms with Crippen LogP contribution < -0.4 is 0 Å². The van der Waals surface area contributed by atoms with Crippen molar-refractivity contribution in [3.05, 3.63) is 24.3 Å². The summed E-state index contributed by atoms with van der Waals surface area (Å²) in [6.45, 7) is 11.3. The quantitative estimate of drug-likeness (QED) is 0.586. The molecule has 0 aromatic rings. The van der Waals surface area contributed by atoms with E-state index in [0.29, 0.717) is 0 Å². The van der Waals surface area contributed by atoms with E-state index < -0.39 is 0 Å². The fourth-order valence-corrected chi connectivity index (χ4v) is 0.787. The summed E-state index contributed by atoms with van der Waals surface area (Å²) in [7, 11) is 0. The Morgan fingerprint density at radius 1 is 1.42 bits per heavy atom. The molecule has 0 amide bonds. The molecule has 1 heteroatoms. The zero-order valence-corrected chi connectivity index (χ0v) is 8.48. The molecule has 0 saturated heterocycles. The van der Waals surface area contributed by atoms with Crippen molar-refractivity contribution in [3.63, 3.8) is 0 Å². The lowest BCUT2D eigenvalue weighted by molar-refractivity contribution is -0.123. The van der Waals surface area contributed by atoms with E-state index in [4.69, 9.17) is 0 Å². The average molecular weight is 166 g/mol. The lowest BCUT2D eigenvalue weighted by Gasteiger charge is -2.20. The summed E-state index contributed by atoms with van der Waals surface area (Å²) in [4.78, 5) is 11.2. The molecule has 68 valence electrons. The molecule has 1 nitrogen and oxygen atoms in total. The number of hydrogen-bond donors (Lipinski definition) is 0. The fourth-order valence-electron chi connectivity index (χ4n) is 0.787. The molecule has 0 aliphatic rings. The van der Waals surface area contributed by atoms with Crippen LogP contribution in [0.1, 0.15) is 34.1 Å². The van der Waals surface area contributed by atoms with Gasteiger partial charge in [0.15, 0.2) is 0 Å². The van der Waals surface area contributed by atoms with Crippen LogP contribution in [-0.4, -0.2) is 5.78 Å². The lowest BCUT2D eigenvalue weighted by Crippen LogP contribution is -2.21. The molecule has 0 aliphatic carbocycles. The number of Topliss-reactive ketones (excluding diaryl/α,β-unsaturated/α-hetero) is 1. The first kappa shape index (κ1) is 11.2. The van der Waals surface area contributed by atoms with E-state index in [0.717, 1.165) is 6.42 Å². The van der Waals surface area contributed by atoms with Gasteiger partial charge in [0.1, 0.15) is 5.78 Å². The zero-order chi connectivity index (χ0) is 9.78. The highest BCUT2D eigenvalue weighted by molar-refractivity contribution is 5.84. The van der Waals surface area contributed by atoms with E-state index >= 15 is 0 Å². The molecule has 12 heavy (non-hydrogen) atoms. The second-order valence-corrected chi connectivity index (χ2v) is 3.66. The van der Waals surface area contributed by atoms with Crippen LogP contribution in [-0.2, 0) is 4.79 Å². The van der Waals surface area contributed by atoms with Gasteiger partial charge in [-0.2, -0.15) is 0 Å². The predicted molar refractivity (Wildman–Crippen MR) is 53.0 cm³/mol. The van der Waals surface area contributed by atoms with Crippen LogP contribution in [0.5, 0.6) is 0 Å². The van der Waals surface area contributed by atoms with Gasteiger partial charge in [0.2, 0.25) is 0 Å². The van der Waals surface area contributed by atoms with Gasteiger partial charge in [-0.15, -0.1) is 6.58 Å². The van der Waals surface area contributed by atoms with Gasteiger partial charge < -0.3 is 0 Å². The molecule has 0 aromatic carbocycles. The minimum Gasteiger partial charge on any atom is -0.299 e. The molecule has 0 spiro atoms. The highest BCUT2D eigenvalue weighted by Crippen LogP contribution is 2.24. The number of ketones is 1. The smallest absolute Gasteiger partial charge is 0.139 e. The standard InChI is InChI=1S/C11H18O/c1-6-11(5,10(4)12)8-7-9(2)3/h6-7H,1,8H2,2-5H3. The lowest BCUT2D eigenvalue weighted by atomic mass is 9.82. The second kappa shape index (κ2) is 4.24. The summed E-state index contributed by atoms with van der Waals surface area (Å²) in [6, 6.07) is 0. The van der Waals surface area contributed by atoms with Crippen LogP contribution in [0.3, 0.4) is 0 Å². The molecule has 1 atom stereocenters. The Bertz CT molecular complexity index is 209. The van der Waals surface area contributed by atoms with Crippen molar-refractivity contribution in [1.29, 1.82) is 0 Å². The molecular weight excluding hydrogens is 148 g/mol. The predicted octanol–water partition coefficient (Wildman–Crippen LogP) is 3.12. The van der Waals surface area contributed by atoms with Gasteiger partial charge in [0.05, 0.1) is 0 Å². The van der Waals surface area contributed by atoms with Crippen LogP contribution in [0.25, 0.3) is 0 Å². The Balaban J connectivity index is 4.46. The Hall–Kier alpha value is -0.850. The minimum atomic E-state index is -0.378. The summed E-state index contributed by atoms with van der Waals surface area (Å²) < 4.78 is 0. The summed E-state index contributed by atoms with van der Waals surface area (Å²) in [5.74, 6) is 0.176. The Labute approximate surface area is 75.2 Å². The molecule has 0 N–H and O–H groups in total. The normalized spacial score (nSPS) is 14.7. The van der Waals surface area contributed by atoms with Crippen molar-refractivity contribution in [2.75, 3.05) is 0 Å². The molecule has 0 bridgehead atoms. The van der Waals surface area contributed by atoms with Crippen LogP contribution in [0.15, 0.2) is 24.3 Å². The average Bonchev–Trinajstić information content (AvgIpc) is 1.99. The molecule has 0 fully saturated rings. The van der Waals surface area contributed by atoms with E-state index in [1.54, 1.807) is 13.0 Å². The SMILES string of the molecule is C=CC(C)(CC=C(C)C)C(C)=O. The van der Waals surface area contributed by atoms with Crippen LogP contribution in [0.2, 0.25) is 0 Å². The maximum absolute atomic E-state index is 11.2. The maximum Gasteiger partial charge on any atom is 0.139 e. The molecule has 0 heterocycles. The number of rotatable bonds is 4. The molecular formula is C11H18O. The van der Waals surface area contributed by atoms with Crippen LogP contribution >= 0.6 is 0 Å². The molecule has 0 saturated carbocycles. The summed E-state index contributed by atoms with van der Waals surface area (Å²) in [6.07, 6.45) is 4.56. The van der Waals surface area contributed by atoms with E-state index in [1.165, 1.54) is 5.57 Å². The van der Waals surface area contributed by atoms with Gasteiger partial charge in [-0.1, -0.05) is 17.7 Å². The van der Waals surface area contributed by atoms with Crippen molar-refractivity contribution < 1.29 is 4.79 Å². The van der Waals surface area contributed by atoms with Crippen molar-refractivity contribution >= 4 is 5.78 Å². The largest absolute Gasteiger partial charge is 0.299 e. The highest BCUT2D eigenvalue weighted by Gasteiger charge is 2.23. The monoisotopic (exact) mass is 166 g/mol. The molecule has 0 radical (unpaired) electrons. The molecule has 0 rings (SSSR count). The highest BCUT2D eigenvalue weighted by atomic mass is 16.1. The van der Waals surface area contributed by atoms with Gasteiger partial charge in [-0.25, -0.2) is 0 Å². The fraction of sp³-hybridized carbons (Fsp3) is 0.545. The summed E-state index contributed by atoms with van der Waals surface area (Å²) in [5.41, 5.74) is 0.862. The summed E-state index contributed by atoms with van der Waals surface area (Å²) in [5, 5.41) is 0. The van der Waals surface area contributed by atoms with E-state index in [9.17, 15) is 4.79 Å². The van der Waals surface area contributed by atoms with E-state index in [2.05, 4.69) is 12.7 Å². The van der Waals surface area contributed by atoms with Crippen molar-refractivity contribution in [2.45, 2.75) is 34.1 Å². The molecule has 0 aliphatic heterocycles. The number of allylic oxidation sites excluding steroid dienone is 3. The first-order chi connectivity index (χ1) is 5.42. The van der Waals surface area contributed by atoms with E-state index in [1.807, 2.05) is 20.8 Å². The van der Waals surface area contributed by atoms with Crippen molar-refractivity contribution in [1.82, 2.24) is 0 Å². The number of carbonyl (C=O) groups is 1. The maximum atomic E-state index is 11.2. The number of carbonyl (C=O) groups excluding carboxylic acids is 1. The minimum absolute atomic E-state index is 0.176. The van der Waals surface area contributed by atoms with Gasteiger partial charge in [0, 0.05) is 5.41 Å². The Morgan fingerprint density at radius 2 is 1.92 bits per heavy atom. The van der Waals surface area contributed by atoms with Gasteiger partial charge >= 0.3 is 0 Å². The van der Waals surface area contributed by atoms with Crippen LogP contribution in [0, 0.1) is 5.41 Å².